The first-order chi connectivity index (χ1) is 14.5. The standard InChI is InChI=1S/C25H29NO4/c1-17(24(27)28)10-11-18-12-14-26(15-13-18)25(29)30-16-23-21-8-4-2-6-19(21)20-7-3-5-9-22(20)23/h2-9,17-18,23H,10-16H2,1H3,(H,27,28). The molecule has 0 saturated carbocycles. The molecule has 2 aliphatic rings. The Morgan fingerprint density at radius 2 is 1.60 bits per heavy atom. The van der Waals surface area contributed by atoms with Gasteiger partial charge in [-0.15, -0.1) is 0 Å². The molecule has 1 aliphatic carbocycles. The lowest BCUT2D eigenvalue weighted by Crippen LogP contribution is -2.39. The number of carbonyl (C=O) groups excluding carboxylic acids is 1. The van der Waals surface area contributed by atoms with Crippen LogP contribution in [0.3, 0.4) is 0 Å². The van der Waals surface area contributed by atoms with Gasteiger partial charge in [0.05, 0.1) is 5.92 Å². The number of carbonyl (C=O) groups is 2. The quantitative estimate of drug-likeness (QED) is 0.719. The lowest BCUT2D eigenvalue weighted by Gasteiger charge is -2.32. The second-order valence-electron chi connectivity index (χ2n) is 8.55. The van der Waals surface area contributed by atoms with Gasteiger partial charge in [-0.05, 0) is 53.9 Å². The molecule has 1 N–H and O–H groups in total. The summed E-state index contributed by atoms with van der Waals surface area (Å²) in [4.78, 5) is 25.4. The Hall–Kier alpha value is -2.82. The van der Waals surface area contributed by atoms with Crippen molar-refractivity contribution in [1.82, 2.24) is 4.90 Å². The number of piperidine rings is 1. The lowest BCUT2D eigenvalue weighted by atomic mass is 9.89. The highest BCUT2D eigenvalue weighted by Gasteiger charge is 2.30. The molecule has 158 valence electrons. The summed E-state index contributed by atoms with van der Waals surface area (Å²) in [5.41, 5.74) is 4.90. The van der Waals surface area contributed by atoms with E-state index in [2.05, 4.69) is 24.3 Å². The maximum Gasteiger partial charge on any atom is 0.409 e. The summed E-state index contributed by atoms with van der Waals surface area (Å²) in [6.45, 7) is 3.47. The largest absolute Gasteiger partial charge is 0.481 e. The normalized spacial score (nSPS) is 17.3. The van der Waals surface area contributed by atoms with Crippen LogP contribution in [-0.2, 0) is 9.53 Å². The van der Waals surface area contributed by atoms with Crippen LogP contribution in [0.25, 0.3) is 11.1 Å². The van der Waals surface area contributed by atoms with Crippen molar-refractivity contribution in [3.05, 3.63) is 59.7 Å². The average Bonchev–Trinajstić information content (AvgIpc) is 3.10. The molecule has 1 heterocycles. The Balaban J connectivity index is 1.30. The fraction of sp³-hybridized carbons (Fsp3) is 0.440. The molecule has 0 spiro atoms. The number of hydrogen-bond donors (Lipinski definition) is 1. The van der Waals surface area contributed by atoms with Crippen molar-refractivity contribution in [2.24, 2.45) is 11.8 Å². The number of ether oxygens (including phenoxy) is 1. The molecule has 1 aliphatic heterocycles. The summed E-state index contributed by atoms with van der Waals surface area (Å²) in [6.07, 6.45) is 3.19. The summed E-state index contributed by atoms with van der Waals surface area (Å²) in [5.74, 6) is -0.461. The molecule has 2 aromatic rings. The van der Waals surface area contributed by atoms with Crippen molar-refractivity contribution in [3.63, 3.8) is 0 Å². The van der Waals surface area contributed by atoms with Crippen molar-refractivity contribution in [1.29, 1.82) is 0 Å². The Labute approximate surface area is 177 Å². The van der Waals surface area contributed by atoms with Crippen LogP contribution in [0.4, 0.5) is 4.79 Å². The van der Waals surface area contributed by atoms with E-state index in [1.807, 2.05) is 24.3 Å². The molecule has 1 unspecified atom stereocenters. The Bertz CT molecular complexity index is 871. The number of aliphatic carboxylic acids is 1. The third-order valence-electron chi connectivity index (χ3n) is 6.64. The monoisotopic (exact) mass is 407 g/mol. The fourth-order valence-corrected chi connectivity index (χ4v) is 4.70. The second kappa shape index (κ2) is 8.90. The van der Waals surface area contributed by atoms with Gasteiger partial charge in [-0.25, -0.2) is 4.79 Å². The number of benzene rings is 2. The highest BCUT2D eigenvalue weighted by molar-refractivity contribution is 5.79. The number of likely N-dealkylation sites (tertiary alicyclic amines) is 1. The zero-order valence-corrected chi connectivity index (χ0v) is 17.4. The summed E-state index contributed by atoms with van der Waals surface area (Å²) in [6, 6.07) is 16.7. The molecule has 0 bridgehead atoms. The Morgan fingerprint density at radius 1 is 1.03 bits per heavy atom. The SMILES string of the molecule is CC(CCC1CCN(C(=O)OCC2c3ccccc3-c3ccccc32)CC1)C(=O)O. The van der Waals surface area contributed by atoms with Gasteiger partial charge in [0.1, 0.15) is 6.61 Å². The maximum absolute atomic E-state index is 12.7. The Morgan fingerprint density at radius 3 is 2.17 bits per heavy atom. The maximum atomic E-state index is 12.7. The van der Waals surface area contributed by atoms with E-state index in [-0.39, 0.29) is 17.9 Å². The zero-order chi connectivity index (χ0) is 21.1. The summed E-state index contributed by atoms with van der Waals surface area (Å²) in [5, 5.41) is 9.03. The van der Waals surface area contributed by atoms with Crippen LogP contribution in [0.2, 0.25) is 0 Å². The predicted octanol–water partition coefficient (Wildman–Crippen LogP) is 5.15. The molecule has 0 aromatic heterocycles. The van der Waals surface area contributed by atoms with Gasteiger partial charge < -0.3 is 14.7 Å². The van der Waals surface area contributed by atoms with E-state index in [0.29, 0.717) is 32.0 Å². The third kappa shape index (κ3) is 4.20. The van der Waals surface area contributed by atoms with E-state index in [0.717, 1.165) is 19.3 Å². The van der Waals surface area contributed by atoms with Crippen LogP contribution in [0, 0.1) is 11.8 Å². The smallest absolute Gasteiger partial charge is 0.409 e. The first-order valence-electron chi connectivity index (χ1n) is 10.9. The Kier molecular flexibility index (Phi) is 6.07. The summed E-state index contributed by atoms with van der Waals surface area (Å²) >= 11 is 0. The van der Waals surface area contributed by atoms with Gasteiger partial charge in [-0.3, -0.25) is 4.79 Å². The topological polar surface area (TPSA) is 66.8 Å². The van der Waals surface area contributed by atoms with Crippen LogP contribution in [0.5, 0.6) is 0 Å². The minimum absolute atomic E-state index is 0.0800. The van der Waals surface area contributed by atoms with Crippen molar-refractivity contribution in [2.75, 3.05) is 19.7 Å². The highest BCUT2D eigenvalue weighted by Crippen LogP contribution is 2.44. The molecule has 1 atom stereocenters. The van der Waals surface area contributed by atoms with Crippen LogP contribution < -0.4 is 0 Å². The van der Waals surface area contributed by atoms with Crippen LogP contribution in [-0.4, -0.2) is 41.8 Å². The van der Waals surface area contributed by atoms with E-state index in [1.54, 1.807) is 11.8 Å². The van der Waals surface area contributed by atoms with Gasteiger partial charge in [0.25, 0.3) is 0 Å². The minimum atomic E-state index is -0.730. The first-order valence-corrected chi connectivity index (χ1v) is 10.9. The van der Waals surface area contributed by atoms with Crippen molar-refractivity contribution in [3.8, 4) is 11.1 Å². The molecule has 5 nitrogen and oxygen atoms in total. The van der Waals surface area contributed by atoms with E-state index < -0.39 is 5.97 Å². The molecule has 1 saturated heterocycles. The summed E-state index contributed by atoms with van der Waals surface area (Å²) in [7, 11) is 0. The predicted molar refractivity (Wildman–Crippen MR) is 115 cm³/mol. The molecule has 5 heteroatoms. The zero-order valence-electron chi connectivity index (χ0n) is 17.4. The molecule has 4 rings (SSSR count). The first kappa shape index (κ1) is 20.5. The van der Waals surface area contributed by atoms with Crippen molar-refractivity contribution < 1.29 is 19.4 Å². The molecule has 30 heavy (non-hydrogen) atoms. The van der Waals surface area contributed by atoms with Gasteiger partial charge in [-0.1, -0.05) is 55.5 Å². The van der Waals surface area contributed by atoms with Crippen LogP contribution >= 0.6 is 0 Å². The van der Waals surface area contributed by atoms with E-state index in [4.69, 9.17) is 9.84 Å². The number of carboxylic acids is 1. The lowest BCUT2D eigenvalue weighted by molar-refractivity contribution is -0.141. The molecule has 2 aromatic carbocycles. The van der Waals surface area contributed by atoms with Crippen LogP contribution in [0.15, 0.2) is 48.5 Å². The van der Waals surface area contributed by atoms with Crippen LogP contribution in [0.1, 0.15) is 49.7 Å². The third-order valence-corrected chi connectivity index (χ3v) is 6.64. The molecular formula is C25H29NO4. The number of nitrogens with zero attached hydrogens (tertiary/aromatic N) is 1. The van der Waals surface area contributed by atoms with Crippen molar-refractivity contribution >= 4 is 12.1 Å². The molecule has 0 radical (unpaired) electrons. The number of carboxylic acid groups (broad SMARTS) is 1. The van der Waals surface area contributed by atoms with E-state index in [9.17, 15) is 9.59 Å². The van der Waals surface area contributed by atoms with Crippen molar-refractivity contribution in [2.45, 2.75) is 38.5 Å². The van der Waals surface area contributed by atoms with Gasteiger partial charge in [0.2, 0.25) is 0 Å². The average molecular weight is 408 g/mol. The highest BCUT2D eigenvalue weighted by atomic mass is 16.6. The van der Waals surface area contributed by atoms with Gasteiger partial charge >= 0.3 is 12.1 Å². The van der Waals surface area contributed by atoms with Gasteiger partial charge in [0.15, 0.2) is 0 Å². The fourth-order valence-electron chi connectivity index (χ4n) is 4.70. The molecular weight excluding hydrogens is 378 g/mol. The number of amides is 1. The van der Waals surface area contributed by atoms with E-state index in [1.165, 1.54) is 22.3 Å². The van der Waals surface area contributed by atoms with Gasteiger partial charge in [0, 0.05) is 19.0 Å². The second-order valence-corrected chi connectivity index (χ2v) is 8.55. The number of rotatable bonds is 6. The molecule has 1 amide bonds. The van der Waals surface area contributed by atoms with E-state index >= 15 is 0 Å². The number of hydrogen-bond acceptors (Lipinski definition) is 3. The minimum Gasteiger partial charge on any atom is -0.481 e. The molecule has 1 fully saturated rings. The number of fused-ring (bicyclic) bond motifs is 3. The van der Waals surface area contributed by atoms with Gasteiger partial charge in [-0.2, -0.15) is 0 Å². The summed E-state index contributed by atoms with van der Waals surface area (Å²) < 4.78 is 5.75.